The third-order valence-corrected chi connectivity index (χ3v) is 20.8. The lowest BCUT2D eigenvalue weighted by Gasteiger charge is -2.46. The van der Waals surface area contributed by atoms with Crippen molar-refractivity contribution in [2.45, 2.75) is 16.7 Å². The third kappa shape index (κ3) is 9.59. The zero-order valence-corrected chi connectivity index (χ0v) is 53.8. The van der Waals surface area contributed by atoms with Gasteiger partial charge >= 0.3 is 0 Å². The molecule has 0 saturated carbocycles. The van der Waals surface area contributed by atoms with E-state index in [0.29, 0.717) is 93.8 Å². The number of rotatable bonds is 11. The first-order valence-electron chi connectivity index (χ1n) is 32.7. The molecule has 0 bridgehead atoms. The highest BCUT2D eigenvalue weighted by molar-refractivity contribution is 8.00. The summed E-state index contributed by atoms with van der Waals surface area (Å²) in [7, 11) is 0. The highest BCUT2D eigenvalue weighted by Crippen LogP contribution is 2.53. The number of para-hydroxylation sites is 7. The van der Waals surface area contributed by atoms with Crippen LogP contribution in [0.4, 0.5) is 112 Å². The Labute approximate surface area is 573 Å². The van der Waals surface area contributed by atoms with Crippen LogP contribution in [0.25, 0.3) is 22.3 Å². The van der Waals surface area contributed by atoms with Crippen molar-refractivity contribution < 1.29 is 26.3 Å². The predicted octanol–water partition coefficient (Wildman–Crippen LogP) is 19.9. The van der Waals surface area contributed by atoms with Gasteiger partial charge in [-0.3, -0.25) is 0 Å². The third-order valence-electron chi connectivity index (χ3n) is 19.6. The molecule has 99 heavy (non-hydrogen) atoms. The molecule has 0 aromatic heterocycles. The Morgan fingerprint density at radius 2 is 0.697 bits per heavy atom. The van der Waals surface area contributed by atoms with Crippen LogP contribution < -0.4 is 57.3 Å². The predicted molar refractivity (Wildman–Crippen MR) is 395 cm³/mol. The van der Waals surface area contributed by atoms with Gasteiger partial charge in [0.2, 0.25) is 6.71 Å². The maximum absolute atomic E-state index is 20.4. The molecule has 0 fully saturated rings. The van der Waals surface area contributed by atoms with Crippen molar-refractivity contribution in [2.24, 2.45) is 0 Å². The standard InChI is InChI=1S/C85H53B2F6N5S/c1-52-21-11-15-35-71(52)96-75-47-60(95(57-26-9-4-10-27-57)74-38-18-14-30-66(74)88)48-76-79(75)86(62-28-12-16-36-72(62)97(76)83-67(89)31-19-32-68(83)90)64-51-65-85(81(93)82(64)96)99-78-50-61(49-77-80(78)87(65)63-29-13-17-37-73(63)98(77)84-69(91)33-20-34-70(84)92)94(58-43-39-55(40-44-58)53-22-5-2-6-23-53)59-45-41-56(42-46-59)54-24-7-3-8-25-54/h2-51H,1H3. The summed E-state index contributed by atoms with van der Waals surface area (Å²) in [4.78, 5) is 10.1. The molecule has 0 unspecified atom stereocenters. The van der Waals surface area contributed by atoms with E-state index < -0.39 is 48.3 Å². The first-order chi connectivity index (χ1) is 48.6. The van der Waals surface area contributed by atoms with Gasteiger partial charge in [-0.15, -0.1) is 0 Å². The van der Waals surface area contributed by atoms with Crippen LogP contribution in [0.15, 0.2) is 313 Å². The van der Waals surface area contributed by atoms with Gasteiger partial charge in [0.05, 0.1) is 17.1 Å². The monoisotopic (exact) mass is 1310 g/mol. The van der Waals surface area contributed by atoms with Crippen molar-refractivity contribution in [2.75, 3.05) is 24.5 Å². The second-order valence-electron chi connectivity index (χ2n) is 25.1. The molecule has 0 atom stereocenters. The molecule has 0 amide bonds. The van der Waals surface area contributed by atoms with Crippen molar-refractivity contribution in [1.29, 1.82) is 0 Å². The first-order valence-corrected chi connectivity index (χ1v) is 33.5. The second kappa shape index (κ2) is 23.8. The Morgan fingerprint density at radius 1 is 0.293 bits per heavy atom. The van der Waals surface area contributed by atoms with E-state index in [-0.39, 0.29) is 22.7 Å². The average Bonchev–Trinajstić information content (AvgIpc) is 0.683. The quantitative estimate of drug-likeness (QED) is 0.0941. The number of aryl methyl sites for hydroxylation is 1. The summed E-state index contributed by atoms with van der Waals surface area (Å²) in [6.07, 6.45) is 0. The fraction of sp³-hybridized carbons (Fsp3) is 0.0118. The SMILES string of the molecule is Cc1ccccc1N1c2cc(N(c3ccccc3)c3ccccc3F)cc3c2B(c2ccccc2N3c2c(F)cccc2F)c2cc3c(c(F)c21)Sc1cc(N(c2ccc(-c4ccccc4)cc2)c2ccc(-c4ccccc4)cc2)cc2c1B3c1ccccc1N2c1c(F)cccc1F. The van der Waals surface area contributed by atoms with Crippen molar-refractivity contribution in [3.8, 4) is 22.3 Å². The minimum Gasteiger partial charge on any atom is -0.310 e. The number of anilines is 15. The van der Waals surface area contributed by atoms with E-state index in [9.17, 15) is 0 Å². The van der Waals surface area contributed by atoms with Crippen LogP contribution in [0.2, 0.25) is 0 Å². The van der Waals surface area contributed by atoms with Crippen LogP contribution >= 0.6 is 11.8 Å². The molecular formula is C85H53B2F6N5S. The van der Waals surface area contributed by atoms with Gasteiger partial charge < -0.3 is 24.5 Å². The number of halogens is 6. The van der Waals surface area contributed by atoms with Crippen LogP contribution in [-0.4, -0.2) is 13.4 Å². The lowest BCUT2D eigenvalue weighted by molar-refractivity contribution is 0.585. The average molecular weight is 1310 g/mol. The van der Waals surface area contributed by atoms with E-state index in [2.05, 4.69) is 89.8 Å². The zero-order valence-electron chi connectivity index (χ0n) is 52.9. The van der Waals surface area contributed by atoms with Crippen LogP contribution in [0.5, 0.6) is 0 Å². The van der Waals surface area contributed by atoms with E-state index >= 15 is 26.3 Å². The Morgan fingerprint density at radius 3 is 1.22 bits per heavy atom. The summed E-state index contributed by atoms with van der Waals surface area (Å²) in [6.45, 7) is 0.433. The van der Waals surface area contributed by atoms with Gasteiger partial charge in [-0.2, -0.15) is 0 Å². The van der Waals surface area contributed by atoms with Gasteiger partial charge in [0.25, 0.3) is 6.71 Å². The summed E-state index contributed by atoms with van der Waals surface area (Å²) in [5.41, 5.74) is 14.8. The summed E-state index contributed by atoms with van der Waals surface area (Å²) in [5, 5.41) is 0. The summed E-state index contributed by atoms with van der Waals surface area (Å²) >= 11 is 1.27. The molecule has 14 heteroatoms. The highest BCUT2D eigenvalue weighted by atomic mass is 32.2. The molecule has 18 rings (SSSR count). The van der Waals surface area contributed by atoms with Gasteiger partial charge in [-0.1, -0.05) is 205 Å². The topological polar surface area (TPSA) is 16.2 Å². The summed E-state index contributed by atoms with van der Waals surface area (Å²) in [5.74, 6) is -4.23. The molecule has 4 heterocycles. The summed E-state index contributed by atoms with van der Waals surface area (Å²) < 4.78 is 106. The van der Waals surface area contributed by atoms with Crippen molar-refractivity contribution >= 4 is 143 Å². The van der Waals surface area contributed by atoms with E-state index in [1.165, 1.54) is 54.2 Å². The molecule has 14 aromatic rings. The molecule has 4 aliphatic heterocycles. The first kappa shape index (κ1) is 59.6. The van der Waals surface area contributed by atoms with Crippen LogP contribution in [0, 0.1) is 41.8 Å². The fourth-order valence-electron chi connectivity index (χ4n) is 15.3. The highest BCUT2D eigenvalue weighted by Gasteiger charge is 2.50. The molecule has 472 valence electrons. The van der Waals surface area contributed by atoms with Crippen molar-refractivity contribution in [3.05, 3.63) is 344 Å². The van der Waals surface area contributed by atoms with Gasteiger partial charge in [0.1, 0.15) is 40.5 Å². The Balaban J connectivity index is 0.921. The Kier molecular flexibility index (Phi) is 14.3. The number of hydrogen-bond acceptors (Lipinski definition) is 6. The van der Waals surface area contributed by atoms with Gasteiger partial charge in [0.15, 0.2) is 5.82 Å². The Bertz CT molecular complexity index is 5450. The number of benzene rings is 14. The van der Waals surface area contributed by atoms with Crippen LogP contribution in [0.3, 0.4) is 0 Å². The number of hydrogen-bond donors (Lipinski definition) is 0. The van der Waals surface area contributed by atoms with Gasteiger partial charge in [-0.25, -0.2) is 26.3 Å². The normalized spacial score (nSPS) is 12.9. The lowest BCUT2D eigenvalue weighted by atomic mass is 9.31. The van der Waals surface area contributed by atoms with Gasteiger partial charge in [-0.05, 0) is 177 Å². The van der Waals surface area contributed by atoms with E-state index in [0.717, 1.165) is 39.2 Å². The second-order valence-corrected chi connectivity index (χ2v) is 26.2. The lowest BCUT2D eigenvalue weighted by Crippen LogP contribution is -2.65. The maximum Gasteiger partial charge on any atom is 0.252 e. The maximum atomic E-state index is 20.4. The van der Waals surface area contributed by atoms with Crippen molar-refractivity contribution in [3.63, 3.8) is 0 Å². The minimum atomic E-state index is -0.816. The fourth-order valence-corrected chi connectivity index (χ4v) is 16.6. The van der Waals surface area contributed by atoms with Gasteiger partial charge in [0, 0.05) is 66.7 Å². The van der Waals surface area contributed by atoms with E-state index in [1.54, 1.807) is 32.9 Å². The molecule has 14 aromatic carbocycles. The van der Waals surface area contributed by atoms with E-state index in [1.807, 2.05) is 170 Å². The molecule has 0 aliphatic carbocycles. The van der Waals surface area contributed by atoms with E-state index in [4.69, 9.17) is 0 Å². The zero-order chi connectivity index (χ0) is 66.7. The van der Waals surface area contributed by atoms with Crippen LogP contribution in [-0.2, 0) is 0 Å². The molecule has 0 spiro atoms. The smallest absolute Gasteiger partial charge is 0.252 e. The minimum absolute atomic E-state index is 0.205. The summed E-state index contributed by atoms with van der Waals surface area (Å²) in [6, 6.07) is 93.1. The molecular weight excluding hydrogens is 1260 g/mol. The number of fused-ring (bicyclic) bond motifs is 8. The number of nitrogens with zero attached hydrogens (tertiary/aromatic N) is 5. The van der Waals surface area contributed by atoms with Crippen molar-refractivity contribution in [1.82, 2.24) is 0 Å². The molecule has 0 radical (unpaired) electrons. The Hall–Kier alpha value is -11.9. The molecule has 5 nitrogen and oxygen atoms in total. The molecule has 4 aliphatic rings. The molecule has 0 N–H and O–H groups in total. The largest absolute Gasteiger partial charge is 0.310 e. The van der Waals surface area contributed by atoms with Crippen LogP contribution in [0.1, 0.15) is 5.56 Å². The molecule has 0 saturated heterocycles.